The molecule has 1 aliphatic rings. The molecule has 0 N–H and O–H groups in total. The fraction of sp³-hybridized carbons (Fsp3) is 0.0714. The molecular formula is C28H21N3Si. The highest BCUT2D eigenvalue weighted by Crippen LogP contribution is 2.39. The number of fused-ring (bicyclic) bond motifs is 2. The van der Waals surface area contributed by atoms with Gasteiger partial charge in [0.15, 0.2) is 0 Å². The van der Waals surface area contributed by atoms with Gasteiger partial charge in [0.05, 0.1) is 23.3 Å². The minimum absolute atomic E-state index is 0.492. The zero-order valence-corrected chi connectivity index (χ0v) is 19.0. The number of benzene rings is 4. The van der Waals surface area contributed by atoms with Crippen LogP contribution in [0.3, 0.4) is 0 Å². The van der Waals surface area contributed by atoms with Crippen molar-refractivity contribution in [1.82, 2.24) is 0 Å². The maximum Gasteiger partial charge on any atom is 0.117 e. The zero-order valence-electron chi connectivity index (χ0n) is 18.0. The number of nitriles is 2. The predicted molar refractivity (Wildman–Crippen MR) is 133 cm³/mol. The maximum absolute atomic E-state index is 9.39. The van der Waals surface area contributed by atoms with Crippen LogP contribution < -0.4 is 15.3 Å². The Morgan fingerprint density at radius 2 is 1.19 bits per heavy atom. The highest BCUT2D eigenvalue weighted by Gasteiger charge is 2.38. The first-order chi connectivity index (χ1) is 15.5. The van der Waals surface area contributed by atoms with Crippen LogP contribution in [0.15, 0.2) is 91.0 Å². The van der Waals surface area contributed by atoms with Crippen molar-refractivity contribution >= 4 is 35.5 Å². The Labute approximate surface area is 189 Å². The van der Waals surface area contributed by atoms with E-state index in [1.54, 1.807) is 6.07 Å². The summed E-state index contributed by atoms with van der Waals surface area (Å²) in [6, 6.07) is 35.4. The summed E-state index contributed by atoms with van der Waals surface area (Å²) in [6.07, 6.45) is 0. The van der Waals surface area contributed by atoms with Crippen LogP contribution in [0.1, 0.15) is 11.1 Å². The van der Waals surface area contributed by atoms with Crippen LogP contribution in [-0.4, -0.2) is 8.07 Å². The first kappa shape index (κ1) is 19.8. The Morgan fingerprint density at radius 3 is 1.75 bits per heavy atom. The van der Waals surface area contributed by atoms with E-state index in [1.165, 1.54) is 21.7 Å². The van der Waals surface area contributed by atoms with Crippen LogP contribution in [0.25, 0.3) is 11.1 Å². The molecule has 0 unspecified atom stereocenters. The van der Waals surface area contributed by atoms with Gasteiger partial charge in [0.2, 0.25) is 0 Å². The summed E-state index contributed by atoms with van der Waals surface area (Å²) in [5.41, 5.74) is 6.35. The first-order valence-electron chi connectivity index (χ1n) is 10.6. The molecule has 32 heavy (non-hydrogen) atoms. The van der Waals surface area contributed by atoms with Gasteiger partial charge >= 0.3 is 0 Å². The van der Waals surface area contributed by atoms with E-state index in [4.69, 9.17) is 0 Å². The van der Waals surface area contributed by atoms with Crippen molar-refractivity contribution in [3.63, 3.8) is 0 Å². The molecule has 0 fully saturated rings. The number of anilines is 3. The minimum atomic E-state index is -1.82. The third-order valence-corrected chi connectivity index (χ3v) is 9.80. The van der Waals surface area contributed by atoms with E-state index in [0.717, 1.165) is 16.8 Å². The van der Waals surface area contributed by atoms with Crippen LogP contribution in [-0.2, 0) is 0 Å². The molecule has 0 aliphatic carbocycles. The summed E-state index contributed by atoms with van der Waals surface area (Å²) in [6.45, 7) is 4.82. The minimum Gasteiger partial charge on any atom is -0.311 e. The van der Waals surface area contributed by atoms with Gasteiger partial charge in [-0.1, -0.05) is 61.6 Å². The molecule has 4 heteroatoms. The van der Waals surface area contributed by atoms with Crippen molar-refractivity contribution in [1.29, 1.82) is 10.5 Å². The number of nitrogens with zero attached hydrogens (tertiary/aromatic N) is 3. The lowest BCUT2D eigenvalue weighted by Gasteiger charge is -2.41. The molecule has 3 nitrogen and oxygen atoms in total. The van der Waals surface area contributed by atoms with Crippen molar-refractivity contribution in [3.8, 4) is 23.3 Å². The van der Waals surface area contributed by atoms with Gasteiger partial charge in [-0.05, 0) is 64.0 Å². The van der Waals surface area contributed by atoms with Gasteiger partial charge in [0.1, 0.15) is 8.07 Å². The smallest absolute Gasteiger partial charge is 0.117 e. The molecular weight excluding hydrogens is 406 g/mol. The molecule has 0 aromatic heterocycles. The van der Waals surface area contributed by atoms with Gasteiger partial charge in [-0.25, -0.2) is 0 Å². The monoisotopic (exact) mass is 427 g/mol. The number of para-hydroxylation sites is 2. The van der Waals surface area contributed by atoms with Crippen LogP contribution in [0.2, 0.25) is 13.1 Å². The topological polar surface area (TPSA) is 50.8 Å². The van der Waals surface area contributed by atoms with Gasteiger partial charge in [0.25, 0.3) is 0 Å². The van der Waals surface area contributed by atoms with Crippen molar-refractivity contribution in [3.05, 3.63) is 102 Å². The Bertz CT molecular complexity index is 1360. The van der Waals surface area contributed by atoms with E-state index in [2.05, 4.69) is 90.8 Å². The van der Waals surface area contributed by atoms with E-state index in [0.29, 0.717) is 11.1 Å². The van der Waals surface area contributed by atoms with Crippen molar-refractivity contribution in [2.24, 2.45) is 0 Å². The van der Waals surface area contributed by atoms with E-state index in [1.807, 2.05) is 24.3 Å². The fourth-order valence-electron chi connectivity index (χ4n) is 4.70. The third-order valence-electron chi connectivity index (χ3n) is 6.27. The van der Waals surface area contributed by atoms with E-state index in [-0.39, 0.29) is 0 Å². The lowest BCUT2D eigenvalue weighted by Crippen LogP contribution is -2.58. The molecule has 4 aromatic rings. The van der Waals surface area contributed by atoms with Gasteiger partial charge in [0, 0.05) is 17.1 Å². The van der Waals surface area contributed by atoms with Crippen molar-refractivity contribution < 1.29 is 0 Å². The average molecular weight is 428 g/mol. The Kier molecular flexibility index (Phi) is 4.67. The molecule has 0 amide bonds. The summed E-state index contributed by atoms with van der Waals surface area (Å²) in [7, 11) is -1.82. The summed E-state index contributed by atoms with van der Waals surface area (Å²) in [4.78, 5) is 2.34. The second-order valence-electron chi connectivity index (χ2n) is 8.57. The van der Waals surface area contributed by atoms with E-state index in [9.17, 15) is 10.5 Å². The third kappa shape index (κ3) is 3.10. The molecule has 0 saturated heterocycles. The van der Waals surface area contributed by atoms with E-state index >= 15 is 0 Å². The standard InChI is InChI=1S/C28H21N3Si/c1-32(2)27-12-5-3-10-25(27)31(26-11-4-6-13-28(26)32)24-9-7-8-22(17-24)23-15-20(18-29)14-21(16-23)19-30/h3-17H,1-2H3. The molecule has 152 valence electrons. The Morgan fingerprint density at radius 1 is 0.625 bits per heavy atom. The number of hydrogen-bond acceptors (Lipinski definition) is 3. The number of hydrogen-bond donors (Lipinski definition) is 0. The SMILES string of the molecule is C[Si]1(C)c2ccccc2N(c2cccc(-c3cc(C#N)cc(C#N)c3)c2)c2ccccc21. The largest absolute Gasteiger partial charge is 0.311 e. The Hall–Kier alpha value is -4.12. The van der Waals surface area contributed by atoms with Gasteiger partial charge < -0.3 is 4.90 Å². The molecule has 0 saturated carbocycles. The van der Waals surface area contributed by atoms with Gasteiger partial charge in [-0.2, -0.15) is 10.5 Å². The van der Waals surface area contributed by atoms with Crippen molar-refractivity contribution in [2.45, 2.75) is 13.1 Å². The lowest BCUT2D eigenvalue weighted by atomic mass is 9.99. The second-order valence-corrected chi connectivity index (χ2v) is 12.9. The first-order valence-corrected chi connectivity index (χ1v) is 13.6. The molecule has 0 bridgehead atoms. The summed E-state index contributed by atoms with van der Waals surface area (Å²) < 4.78 is 0. The number of rotatable bonds is 2. The molecule has 1 aliphatic heterocycles. The summed E-state index contributed by atoms with van der Waals surface area (Å²) >= 11 is 0. The lowest BCUT2D eigenvalue weighted by molar-refractivity contribution is 1.28. The van der Waals surface area contributed by atoms with Crippen LogP contribution in [0, 0.1) is 22.7 Å². The maximum atomic E-state index is 9.39. The van der Waals surface area contributed by atoms with Crippen LogP contribution in [0.5, 0.6) is 0 Å². The molecule has 0 atom stereocenters. The van der Waals surface area contributed by atoms with Gasteiger partial charge in [-0.15, -0.1) is 0 Å². The predicted octanol–water partition coefficient (Wildman–Crippen LogP) is 5.70. The molecule has 5 rings (SSSR count). The Balaban J connectivity index is 1.72. The molecule has 0 radical (unpaired) electrons. The van der Waals surface area contributed by atoms with Gasteiger partial charge in [-0.3, -0.25) is 0 Å². The van der Waals surface area contributed by atoms with Crippen LogP contribution in [0.4, 0.5) is 17.1 Å². The zero-order chi connectivity index (χ0) is 22.3. The van der Waals surface area contributed by atoms with E-state index < -0.39 is 8.07 Å². The average Bonchev–Trinajstić information content (AvgIpc) is 2.84. The molecule has 1 heterocycles. The quantitative estimate of drug-likeness (QED) is 0.385. The summed E-state index contributed by atoms with van der Waals surface area (Å²) in [5, 5.41) is 21.6. The molecule has 0 spiro atoms. The summed E-state index contributed by atoms with van der Waals surface area (Å²) in [5.74, 6) is 0. The normalized spacial score (nSPS) is 13.4. The molecule has 4 aromatic carbocycles. The highest BCUT2D eigenvalue weighted by atomic mass is 28.3. The van der Waals surface area contributed by atoms with Crippen molar-refractivity contribution in [2.75, 3.05) is 4.90 Å². The van der Waals surface area contributed by atoms with Crippen LogP contribution >= 0.6 is 0 Å². The fourth-order valence-corrected chi connectivity index (χ4v) is 7.68. The highest BCUT2D eigenvalue weighted by molar-refractivity contribution is 7.02. The second kappa shape index (κ2) is 7.53.